The number of nitriles is 2. The van der Waals surface area contributed by atoms with Crippen LogP contribution in [0.2, 0.25) is 0 Å². The quantitative estimate of drug-likeness (QED) is 0.569. The SMILES string of the molecule is N#Cc1ccccc1/C=C/c1ccc(/C=C/c2ccccc2C#N)cc1. The van der Waals surface area contributed by atoms with Gasteiger partial charge in [0.2, 0.25) is 0 Å². The van der Waals surface area contributed by atoms with Crippen molar-refractivity contribution in [2.75, 3.05) is 0 Å². The van der Waals surface area contributed by atoms with E-state index in [9.17, 15) is 0 Å². The van der Waals surface area contributed by atoms with Gasteiger partial charge in [-0.2, -0.15) is 10.5 Å². The molecule has 0 radical (unpaired) electrons. The zero-order chi connectivity index (χ0) is 18.2. The van der Waals surface area contributed by atoms with Gasteiger partial charge >= 0.3 is 0 Å². The van der Waals surface area contributed by atoms with Gasteiger partial charge in [-0.25, -0.2) is 0 Å². The molecular weight excluding hydrogens is 316 g/mol. The highest BCUT2D eigenvalue weighted by Gasteiger charge is 1.97. The van der Waals surface area contributed by atoms with E-state index in [-0.39, 0.29) is 0 Å². The summed E-state index contributed by atoms with van der Waals surface area (Å²) in [5.41, 5.74) is 5.28. The molecule has 0 aliphatic carbocycles. The zero-order valence-corrected chi connectivity index (χ0v) is 14.1. The Labute approximate surface area is 153 Å². The van der Waals surface area contributed by atoms with Gasteiger partial charge in [-0.1, -0.05) is 85.0 Å². The molecule has 0 bridgehead atoms. The van der Waals surface area contributed by atoms with E-state index < -0.39 is 0 Å². The molecule has 3 rings (SSSR count). The van der Waals surface area contributed by atoms with Crippen molar-refractivity contribution < 1.29 is 0 Å². The highest BCUT2D eigenvalue weighted by Crippen LogP contribution is 2.15. The summed E-state index contributed by atoms with van der Waals surface area (Å²) < 4.78 is 0. The Hall–Kier alpha value is -3.88. The number of benzene rings is 3. The van der Waals surface area contributed by atoms with E-state index in [2.05, 4.69) is 12.1 Å². The zero-order valence-electron chi connectivity index (χ0n) is 14.1. The maximum absolute atomic E-state index is 9.13. The summed E-state index contributed by atoms with van der Waals surface area (Å²) in [5, 5.41) is 18.3. The predicted molar refractivity (Wildman–Crippen MR) is 107 cm³/mol. The summed E-state index contributed by atoms with van der Waals surface area (Å²) in [6.45, 7) is 0. The largest absolute Gasteiger partial charge is 0.192 e. The van der Waals surface area contributed by atoms with Gasteiger partial charge in [0, 0.05) is 0 Å². The summed E-state index contributed by atoms with van der Waals surface area (Å²) in [5.74, 6) is 0. The van der Waals surface area contributed by atoms with Crippen LogP contribution in [0, 0.1) is 22.7 Å². The van der Waals surface area contributed by atoms with Gasteiger partial charge in [-0.15, -0.1) is 0 Å². The Morgan fingerprint density at radius 1 is 0.500 bits per heavy atom. The number of hydrogen-bond donors (Lipinski definition) is 0. The standard InChI is InChI=1S/C24H16N2/c25-17-23-7-3-1-5-21(23)15-13-19-9-11-20(12-10-19)14-16-22-6-2-4-8-24(22)18-26/h1-16H/b15-13+,16-14+. The van der Waals surface area contributed by atoms with E-state index in [0.717, 1.165) is 22.3 Å². The number of rotatable bonds is 4. The van der Waals surface area contributed by atoms with Gasteiger partial charge in [-0.05, 0) is 34.4 Å². The topological polar surface area (TPSA) is 47.6 Å². The maximum atomic E-state index is 9.13. The summed E-state index contributed by atoms with van der Waals surface area (Å²) in [4.78, 5) is 0. The van der Waals surface area contributed by atoms with Crippen LogP contribution in [0.1, 0.15) is 33.4 Å². The highest BCUT2D eigenvalue weighted by atomic mass is 14.2. The summed E-state index contributed by atoms with van der Waals surface area (Å²) in [7, 11) is 0. The Balaban J connectivity index is 1.75. The molecule has 0 atom stereocenters. The van der Waals surface area contributed by atoms with Crippen LogP contribution in [0.4, 0.5) is 0 Å². The first kappa shape index (κ1) is 17.0. The van der Waals surface area contributed by atoms with Gasteiger partial charge in [-0.3, -0.25) is 0 Å². The van der Waals surface area contributed by atoms with Crippen molar-refractivity contribution in [3.05, 3.63) is 106 Å². The monoisotopic (exact) mass is 332 g/mol. The molecule has 3 aromatic rings. The molecule has 2 heteroatoms. The molecule has 0 saturated heterocycles. The number of hydrogen-bond acceptors (Lipinski definition) is 2. The van der Waals surface area contributed by atoms with Gasteiger partial charge in [0.15, 0.2) is 0 Å². The molecule has 3 aromatic carbocycles. The normalized spacial score (nSPS) is 10.7. The molecule has 0 saturated carbocycles. The molecule has 26 heavy (non-hydrogen) atoms. The first-order chi connectivity index (χ1) is 12.8. The van der Waals surface area contributed by atoms with Crippen molar-refractivity contribution in [1.29, 1.82) is 10.5 Å². The lowest BCUT2D eigenvalue weighted by Crippen LogP contribution is -1.81. The second-order valence-corrected chi connectivity index (χ2v) is 5.73. The lowest BCUT2D eigenvalue weighted by atomic mass is 10.0. The molecule has 0 heterocycles. The first-order valence-electron chi connectivity index (χ1n) is 8.24. The molecule has 0 unspecified atom stereocenters. The second-order valence-electron chi connectivity index (χ2n) is 5.73. The minimum Gasteiger partial charge on any atom is -0.192 e. The van der Waals surface area contributed by atoms with Crippen molar-refractivity contribution in [1.82, 2.24) is 0 Å². The second kappa shape index (κ2) is 8.29. The molecule has 0 N–H and O–H groups in total. The fourth-order valence-electron chi connectivity index (χ4n) is 2.58. The molecule has 0 fully saturated rings. The van der Waals surface area contributed by atoms with Crippen LogP contribution in [0.15, 0.2) is 72.8 Å². The van der Waals surface area contributed by atoms with Crippen LogP contribution in [0.25, 0.3) is 24.3 Å². The minimum absolute atomic E-state index is 0.666. The van der Waals surface area contributed by atoms with Crippen molar-refractivity contribution in [2.24, 2.45) is 0 Å². The van der Waals surface area contributed by atoms with Crippen LogP contribution in [-0.4, -0.2) is 0 Å². The fourth-order valence-corrected chi connectivity index (χ4v) is 2.58. The van der Waals surface area contributed by atoms with Gasteiger partial charge in [0.25, 0.3) is 0 Å². The molecule has 0 spiro atoms. The summed E-state index contributed by atoms with van der Waals surface area (Å²) in [6.07, 6.45) is 7.89. The first-order valence-corrected chi connectivity index (χ1v) is 8.24. The van der Waals surface area contributed by atoms with E-state index in [0.29, 0.717) is 11.1 Å². The molecule has 0 amide bonds. The fraction of sp³-hybridized carbons (Fsp3) is 0. The Morgan fingerprint density at radius 3 is 1.27 bits per heavy atom. The molecule has 0 aliphatic heterocycles. The van der Waals surface area contributed by atoms with Crippen LogP contribution in [0.3, 0.4) is 0 Å². The van der Waals surface area contributed by atoms with Crippen molar-refractivity contribution in [3.8, 4) is 12.1 Å². The average molecular weight is 332 g/mol. The van der Waals surface area contributed by atoms with Crippen LogP contribution >= 0.6 is 0 Å². The third kappa shape index (κ3) is 4.15. The highest BCUT2D eigenvalue weighted by molar-refractivity contribution is 5.75. The Kier molecular flexibility index (Phi) is 5.41. The van der Waals surface area contributed by atoms with Crippen LogP contribution in [0.5, 0.6) is 0 Å². The molecule has 122 valence electrons. The van der Waals surface area contributed by atoms with Crippen LogP contribution in [-0.2, 0) is 0 Å². The van der Waals surface area contributed by atoms with E-state index in [1.807, 2.05) is 97.1 Å². The van der Waals surface area contributed by atoms with Gasteiger partial charge < -0.3 is 0 Å². The van der Waals surface area contributed by atoms with Gasteiger partial charge in [0.05, 0.1) is 23.3 Å². The number of nitrogens with zero attached hydrogens (tertiary/aromatic N) is 2. The summed E-state index contributed by atoms with van der Waals surface area (Å²) >= 11 is 0. The maximum Gasteiger partial charge on any atom is 0.0997 e. The van der Waals surface area contributed by atoms with Crippen molar-refractivity contribution in [3.63, 3.8) is 0 Å². The molecule has 0 aromatic heterocycles. The van der Waals surface area contributed by atoms with E-state index >= 15 is 0 Å². The molecule has 0 aliphatic rings. The van der Waals surface area contributed by atoms with Crippen LogP contribution < -0.4 is 0 Å². The lowest BCUT2D eigenvalue weighted by molar-refractivity contribution is 1.47. The van der Waals surface area contributed by atoms with E-state index in [4.69, 9.17) is 10.5 Å². The van der Waals surface area contributed by atoms with Crippen molar-refractivity contribution in [2.45, 2.75) is 0 Å². The summed E-state index contributed by atoms with van der Waals surface area (Å²) in [6, 6.07) is 27.6. The van der Waals surface area contributed by atoms with Crippen molar-refractivity contribution >= 4 is 24.3 Å². The minimum atomic E-state index is 0.666. The smallest absolute Gasteiger partial charge is 0.0997 e. The third-order valence-corrected chi connectivity index (χ3v) is 4.01. The lowest BCUT2D eigenvalue weighted by Gasteiger charge is -1.99. The Morgan fingerprint density at radius 2 is 0.885 bits per heavy atom. The average Bonchev–Trinajstić information content (AvgIpc) is 2.72. The Bertz CT molecular complexity index is 956. The molecule has 2 nitrogen and oxygen atoms in total. The van der Waals surface area contributed by atoms with E-state index in [1.54, 1.807) is 0 Å². The third-order valence-electron chi connectivity index (χ3n) is 4.01. The molecular formula is C24H16N2. The predicted octanol–water partition coefficient (Wildman–Crippen LogP) is 5.77. The van der Waals surface area contributed by atoms with Gasteiger partial charge in [0.1, 0.15) is 0 Å². The van der Waals surface area contributed by atoms with E-state index in [1.165, 1.54) is 0 Å².